The lowest BCUT2D eigenvalue weighted by Crippen LogP contribution is -2.34. The molecule has 1 rings (SSSR count). The summed E-state index contributed by atoms with van der Waals surface area (Å²) in [5.41, 5.74) is 0.187. The molecule has 0 aliphatic rings. The van der Waals surface area contributed by atoms with E-state index in [0.717, 1.165) is 12.8 Å². The number of aromatic nitrogens is 1. The normalized spacial score (nSPS) is 11.9. The molecule has 0 spiro atoms. The van der Waals surface area contributed by atoms with E-state index in [1.54, 1.807) is 4.90 Å². The van der Waals surface area contributed by atoms with Crippen molar-refractivity contribution in [3.8, 4) is 0 Å². The lowest BCUT2D eigenvalue weighted by Gasteiger charge is -2.26. The van der Waals surface area contributed by atoms with Crippen molar-refractivity contribution in [3.63, 3.8) is 0 Å². The van der Waals surface area contributed by atoms with E-state index in [1.807, 2.05) is 0 Å². The fourth-order valence-electron chi connectivity index (χ4n) is 2.49. The highest BCUT2D eigenvalue weighted by molar-refractivity contribution is 5.91. The third kappa shape index (κ3) is 9.59. The maximum absolute atomic E-state index is 12.7. The molecule has 0 unspecified atom stereocenters. The first-order chi connectivity index (χ1) is 12.5. The Labute approximate surface area is 164 Å². The fraction of sp³-hybridized carbons (Fsp3) is 0.762. The SMILES string of the molecule is CC(C)CCNC(=O)c1coc(CN(CCC(C)C)C(=O)CC(C)(C)C)n1. The van der Waals surface area contributed by atoms with Gasteiger partial charge in [-0.3, -0.25) is 9.59 Å². The highest BCUT2D eigenvalue weighted by Crippen LogP contribution is 2.21. The van der Waals surface area contributed by atoms with Crippen LogP contribution in [0, 0.1) is 17.3 Å². The Morgan fingerprint density at radius 2 is 1.78 bits per heavy atom. The van der Waals surface area contributed by atoms with Crippen LogP contribution < -0.4 is 5.32 Å². The fourth-order valence-corrected chi connectivity index (χ4v) is 2.49. The van der Waals surface area contributed by atoms with Crippen molar-refractivity contribution in [2.24, 2.45) is 17.3 Å². The van der Waals surface area contributed by atoms with Crippen molar-refractivity contribution < 1.29 is 14.0 Å². The molecule has 0 atom stereocenters. The van der Waals surface area contributed by atoms with Gasteiger partial charge in [0.1, 0.15) is 6.26 Å². The summed E-state index contributed by atoms with van der Waals surface area (Å²) >= 11 is 0. The summed E-state index contributed by atoms with van der Waals surface area (Å²) in [6, 6.07) is 0. The first-order valence-corrected chi connectivity index (χ1v) is 9.98. The molecule has 1 N–H and O–H groups in total. The van der Waals surface area contributed by atoms with Crippen molar-refractivity contribution in [3.05, 3.63) is 17.8 Å². The topological polar surface area (TPSA) is 75.4 Å². The minimum atomic E-state index is -0.236. The number of nitrogens with zero attached hydrogens (tertiary/aromatic N) is 2. The Kier molecular flexibility index (Phi) is 9.00. The van der Waals surface area contributed by atoms with E-state index in [1.165, 1.54) is 6.26 Å². The molecule has 0 aromatic carbocycles. The van der Waals surface area contributed by atoms with Gasteiger partial charge in [-0.25, -0.2) is 4.98 Å². The average molecular weight is 380 g/mol. The number of carbonyl (C=O) groups excluding carboxylic acids is 2. The summed E-state index contributed by atoms with van der Waals surface area (Å²) in [6.45, 7) is 16.2. The van der Waals surface area contributed by atoms with Crippen LogP contribution in [0.5, 0.6) is 0 Å². The summed E-state index contributed by atoms with van der Waals surface area (Å²) in [5, 5.41) is 2.85. The smallest absolute Gasteiger partial charge is 0.273 e. The largest absolute Gasteiger partial charge is 0.446 e. The Morgan fingerprint density at radius 3 is 2.33 bits per heavy atom. The van der Waals surface area contributed by atoms with Crippen LogP contribution >= 0.6 is 0 Å². The molecule has 2 amide bonds. The second kappa shape index (κ2) is 10.5. The minimum absolute atomic E-state index is 0.0782. The predicted octanol–water partition coefficient (Wildman–Crippen LogP) is 4.26. The Hall–Kier alpha value is -1.85. The van der Waals surface area contributed by atoms with Crippen molar-refractivity contribution in [1.29, 1.82) is 0 Å². The van der Waals surface area contributed by atoms with Gasteiger partial charge in [0.15, 0.2) is 5.69 Å². The summed E-state index contributed by atoms with van der Waals surface area (Å²) < 4.78 is 5.46. The zero-order valence-corrected chi connectivity index (χ0v) is 18.1. The molecule has 1 aromatic heterocycles. The van der Waals surface area contributed by atoms with E-state index < -0.39 is 0 Å². The standard InChI is InChI=1S/C21H37N3O3/c1-15(2)8-10-22-20(26)17-14-27-18(23-17)13-24(11-9-16(3)4)19(25)12-21(5,6)7/h14-16H,8-13H2,1-7H3,(H,22,26). The molecule has 0 saturated carbocycles. The molecule has 0 bridgehead atoms. The molecule has 0 saturated heterocycles. The van der Waals surface area contributed by atoms with Gasteiger partial charge in [-0.05, 0) is 30.1 Å². The van der Waals surface area contributed by atoms with E-state index in [-0.39, 0.29) is 22.9 Å². The number of hydrogen-bond acceptors (Lipinski definition) is 4. The van der Waals surface area contributed by atoms with Gasteiger partial charge in [-0.15, -0.1) is 0 Å². The first-order valence-electron chi connectivity index (χ1n) is 9.98. The van der Waals surface area contributed by atoms with Gasteiger partial charge in [0.25, 0.3) is 5.91 Å². The minimum Gasteiger partial charge on any atom is -0.446 e. The second-order valence-electron chi connectivity index (χ2n) is 9.30. The van der Waals surface area contributed by atoms with Crippen LogP contribution in [-0.4, -0.2) is 34.8 Å². The predicted molar refractivity (Wildman–Crippen MR) is 107 cm³/mol. The maximum Gasteiger partial charge on any atom is 0.273 e. The molecule has 1 heterocycles. The van der Waals surface area contributed by atoms with Gasteiger partial charge in [-0.1, -0.05) is 48.5 Å². The summed E-state index contributed by atoms with van der Waals surface area (Å²) in [5.74, 6) is 1.28. The number of rotatable bonds is 10. The van der Waals surface area contributed by atoms with E-state index in [0.29, 0.717) is 43.8 Å². The van der Waals surface area contributed by atoms with Crippen molar-refractivity contribution in [2.75, 3.05) is 13.1 Å². The quantitative estimate of drug-likeness (QED) is 0.659. The monoisotopic (exact) mass is 379 g/mol. The highest BCUT2D eigenvalue weighted by Gasteiger charge is 2.23. The third-order valence-corrected chi connectivity index (χ3v) is 4.13. The highest BCUT2D eigenvalue weighted by atomic mass is 16.3. The Morgan fingerprint density at radius 1 is 1.15 bits per heavy atom. The van der Waals surface area contributed by atoms with Gasteiger partial charge in [0.2, 0.25) is 11.8 Å². The number of carbonyl (C=O) groups is 2. The number of hydrogen-bond donors (Lipinski definition) is 1. The molecule has 154 valence electrons. The average Bonchev–Trinajstić information content (AvgIpc) is 2.97. The number of amides is 2. The van der Waals surface area contributed by atoms with Crippen LogP contribution in [0.2, 0.25) is 0 Å². The van der Waals surface area contributed by atoms with Gasteiger partial charge in [-0.2, -0.15) is 0 Å². The number of oxazole rings is 1. The molecule has 6 heteroatoms. The molecule has 0 aliphatic heterocycles. The van der Waals surface area contributed by atoms with Gasteiger partial charge in [0.05, 0.1) is 6.54 Å². The molecule has 0 fully saturated rings. The molecular weight excluding hydrogens is 342 g/mol. The molecule has 1 aromatic rings. The molecule has 6 nitrogen and oxygen atoms in total. The summed E-state index contributed by atoms with van der Waals surface area (Å²) in [7, 11) is 0. The lowest BCUT2D eigenvalue weighted by molar-refractivity contribution is -0.134. The van der Waals surface area contributed by atoms with Gasteiger partial charge >= 0.3 is 0 Å². The van der Waals surface area contributed by atoms with Crippen LogP contribution in [0.3, 0.4) is 0 Å². The zero-order valence-electron chi connectivity index (χ0n) is 18.1. The van der Waals surface area contributed by atoms with Gasteiger partial charge in [0, 0.05) is 19.5 Å². The second-order valence-corrected chi connectivity index (χ2v) is 9.30. The molecule has 0 aliphatic carbocycles. The van der Waals surface area contributed by atoms with Crippen LogP contribution in [0.4, 0.5) is 0 Å². The van der Waals surface area contributed by atoms with Crippen LogP contribution in [0.15, 0.2) is 10.7 Å². The van der Waals surface area contributed by atoms with Crippen molar-refractivity contribution in [2.45, 2.75) is 74.3 Å². The van der Waals surface area contributed by atoms with E-state index >= 15 is 0 Å². The van der Waals surface area contributed by atoms with Crippen LogP contribution in [0.1, 0.15) is 84.1 Å². The third-order valence-electron chi connectivity index (χ3n) is 4.13. The Bertz CT molecular complexity index is 600. The van der Waals surface area contributed by atoms with Crippen molar-refractivity contribution in [1.82, 2.24) is 15.2 Å². The number of nitrogens with one attached hydrogen (secondary N) is 1. The van der Waals surface area contributed by atoms with Crippen molar-refractivity contribution >= 4 is 11.8 Å². The Balaban J connectivity index is 2.73. The van der Waals surface area contributed by atoms with E-state index in [9.17, 15) is 9.59 Å². The lowest BCUT2D eigenvalue weighted by atomic mass is 9.91. The van der Waals surface area contributed by atoms with E-state index in [4.69, 9.17) is 4.42 Å². The summed E-state index contributed by atoms with van der Waals surface area (Å²) in [6.07, 6.45) is 3.67. The molecule has 27 heavy (non-hydrogen) atoms. The summed E-state index contributed by atoms with van der Waals surface area (Å²) in [4.78, 5) is 30.9. The van der Waals surface area contributed by atoms with Crippen LogP contribution in [0.25, 0.3) is 0 Å². The van der Waals surface area contributed by atoms with Crippen LogP contribution in [-0.2, 0) is 11.3 Å². The van der Waals surface area contributed by atoms with E-state index in [2.05, 4.69) is 58.8 Å². The maximum atomic E-state index is 12.7. The molecular formula is C21H37N3O3. The molecule has 0 radical (unpaired) electrons. The first kappa shape index (κ1) is 23.2. The van der Waals surface area contributed by atoms with Gasteiger partial charge < -0.3 is 14.6 Å². The zero-order chi connectivity index (χ0) is 20.6.